The van der Waals surface area contributed by atoms with Crippen LogP contribution in [0.4, 0.5) is 0 Å². The largest absolute Gasteiger partial charge is 0.494 e. The highest BCUT2D eigenvalue weighted by Crippen LogP contribution is 2.40. The quantitative estimate of drug-likeness (QED) is 0.272. The molecule has 1 aromatic heterocycles. The smallest absolute Gasteiger partial charge is 0.306 e. The van der Waals surface area contributed by atoms with Crippen LogP contribution in [0.3, 0.4) is 0 Å². The number of nitrogens with zero attached hydrogens (tertiary/aromatic N) is 2. The zero-order valence-electron chi connectivity index (χ0n) is 22.4. The summed E-state index contributed by atoms with van der Waals surface area (Å²) in [6.45, 7) is 4.45. The van der Waals surface area contributed by atoms with Gasteiger partial charge in [-0.05, 0) is 91.8 Å². The third kappa shape index (κ3) is 6.36. The highest BCUT2D eigenvalue weighted by atomic mass is 35.5. The van der Waals surface area contributed by atoms with Crippen molar-refractivity contribution in [2.24, 2.45) is 11.8 Å². The molecule has 2 aromatic carbocycles. The lowest BCUT2D eigenvalue weighted by atomic mass is 9.81. The molecule has 0 bridgehead atoms. The van der Waals surface area contributed by atoms with Crippen LogP contribution >= 0.6 is 11.6 Å². The van der Waals surface area contributed by atoms with E-state index in [9.17, 15) is 20.1 Å². The van der Waals surface area contributed by atoms with Gasteiger partial charge in [0.05, 0.1) is 12.5 Å². The topological polar surface area (TPSA) is 95.2 Å². The minimum Gasteiger partial charge on any atom is -0.494 e. The number of hydrogen-bond acceptors (Lipinski definition) is 5. The van der Waals surface area contributed by atoms with E-state index in [2.05, 4.69) is 29.2 Å². The average molecular weight is 553 g/mol. The molecule has 0 aliphatic heterocycles. The van der Waals surface area contributed by atoms with Gasteiger partial charge in [0, 0.05) is 36.3 Å². The zero-order valence-corrected chi connectivity index (χ0v) is 23.1. The molecule has 7 nitrogen and oxygen atoms in total. The molecule has 1 fully saturated rings. The Hall–Kier alpha value is -3.16. The fraction of sp³-hybridized carbons (Fsp3) is 0.452. The van der Waals surface area contributed by atoms with Crippen molar-refractivity contribution in [3.63, 3.8) is 0 Å². The second-order valence-corrected chi connectivity index (χ2v) is 11.5. The first-order chi connectivity index (χ1) is 18.8. The van der Waals surface area contributed by atoms with Gasteiger partial charge < -0.3 is 20.1 Å². The molecule has 39 heavy (non-hydrogen) atoms. The van der Waals surface area contributed by atoms with E-state index < -0.39 is 5.97 Å². The van der Waals surface area contributed by atoms with E-state index in [0.717, 1.165) is 68.0 Å². The van der Waals surface area contributed by atoms with Crippen LogP contribution in [-0.4, -0.2) is 43.9 Å². The molecular formula is C31H37ClN2O5. The molecule has 0 radical (unpaired) electrons. The van der Waals surface area contributed by atoms with Crippen molar-refractivity contribution in [3.05, 3.63) is 75.8 Å². The van der Waals surface area contributed by atoms with E-state index >= 15 is 0 Å². The SMILES string of the molecule is Cc1cc(CN(CC2CCC(C(=O)O)CC2)C2CCc3cc(Cl)ccc32)ccc1OCCn1c(O)ccc1O. The molecule has 0 spiro atoms. The molecule has 0 saturated heterocycles. The Bertz CT molecular complexity index is 1290. The summed E-state index contributed by atoms with van der Waals surface area (Å²) in [5.41, 5.74) is 4.93. The summed E-state index contributed by atoms with van der Waals surface area (Å²) in [7, 11) is 0. The van der Waals surface area contributed by atoms with E-state index in [0.29, 0.717) is 25.1 Å². The third-order valence-electron chi connectivity index (χ3n) is 8.41. The van der Waals surface area contributed by atoms with Gasteiger partial charge in [0.1, 0.15) is 12.4 Å². The standard InChI is InChI=1S/C31H37ClN2O5/c1-20-16-22(4-11-28(20)39-15-14-34-29(35)12-13-30(34)36)19-33(18-21-2-5-23(6-3-21)31(37)38)27-10-7-24-17-25(32)8-9-26(24)27/h4,8-9,11-13,16-17,21,23,27,35-36H,2-3,5-7,10,14-15,18-19H2,1H3,(H,37,38). The maximum atomic E-state index is 11.5. The number of rotatable bonds is 10. The number of carboxylic acids is 1. The van der Waals surface area contributed by atoms with E-state index in [1.165, 1.54) is 33.4 Å². The van der Waals surface area contributed by atoms with Crippen molar-refractivity contribution in [2.45, 2.75) is 64.6 Å². The first kappa shape index (κ1) is 27.4. The normalized spacial score (nSPS) is 20.7. The highest BCUT2D eigenvalue weighted by Gasteiger charge is 2.32. The van der Waals surface area contributed by atoms with Gasteiger partial charge in [-0.15, -0.1) is 0 Å². The molecule has 208 valence electrons. The highest BCUT2D eigenvalue weighted by molar-refractivity contribution is 6.30. The lowest BCUT2D eigenvalue weighted by Gasteiger charge is -2.35. The van der Waals surface area contributed by atoms with E-state index in [1.54, 1.807) is 0 Å². The molecule has 3 aromatic rings. The molecular weight excluding hydrogens is 516 g/mol. The Kier molecular flexibility index (Phi) is 8.38. The lowest BCUT2D eigenvalue weighted by Crippen LogP contribution is -2.34. The minimum absolute atomic E-state index is 0.00969. The van der Waals surface area contributed by atoms with Crippen LogP contribution in [0, 0.1) is 18.8 Å². The molecule has 1 atom stereocenters. The molecule has 3 N–H and O–H groups in total. The molecule has 8 heteroatoms. The number of aryl methyl sites for hydroxylation is 2. The second-order valence-electron chi connectivity index (χ2n) is 11.0. The van der Waals surface area contributed by atoms with Crippen LogP contribution in [0.2, 0.25) is 5.02 Å². The van der Waals surface area contributed by atoms with Crippen molar-refractivity contribution in [1.29, 1.82) is 0 Å². The van der Waals surface area contributed by atoms with Crippen molar-refractivity contribution in [1.82, 2.24) is 9.47 Å². The number of benzene rings is 2. The molecule has 0 amide bonds. The van der Waals surface area contributed by atoms with Gasteiger partial charge in [0.25, 0.3) is 0 Å². The van der Waals surface area contributed by atoms with Gasteiger partial charge in [-0.3, -0.25) is 14.3 Å². The summed E-state index contributed by atoms with van der Waals surface area (Å²) in [5.74, 6) is 0.425. The van der Waals surface area contributed by atoms with Gasteiger partial charge in [-0.1, -0.05) is 29.8 Å². The number of halogens is 1. The summed E-state index contributed by atoms with van der Waals surface area (Å²) in [6, 6.07) is 15.8. The van der Waals surface area contributed by atoms with E-state index in [-0.39, 0.29) is 17.7 Å². The van der Waals surface area contributed by atoms with Gasteiger partial charge in [0.15, 0.2) is 11.8 Å². The summed E-state index contributed by atoms with van der Waals surface area (Å²) < 4.78 is 7.37. The van der Waals surface area contributed by atoms with E-state index in [4.69, 9.17) is 16.3 Å². The fourth-order valence-electron chi connectivity index (χ4n) is 6.30. The molecule has 5 rings (SSSR count). The Labute approximate surface area is 234 Å². The van der Waals surface area contributed by atoms with Crippen molar-refractivity contribution < 1.29 is 24.9 Å². The molecule has 1 unspecified atom stereocenters. The van der Waals surface area contributed by atoms with Gasteiger partial charge in [0.2, 0.25) is 0 Å². The number of carboxylic acid groups (broad SMARTS) is 1. The first-order valence-corrected chi connectivity index (χ1v) is 14.2. The number of hydrogen-bond donors (Lipinski definition) is 3. The Morgan fingerprint density at radius 1 is 1.03 bits per heavy atom. The van der Waals surface area contributed by atoms with Crippen molar-refractivity contribution in [2.75, 3.05) is 13.2 Å². The van der Waals surface area contributed by atoms with Crippen molar-refractivity contribution in [3.8, 4) is 17.5 Å². The Morgan fingerprint density at radius 2 is 1.77 bits per heavy atom. The van der Waals surface area contributed by atoms with E-state index in [1.807, 2.05) is 19.1 Å². The number of aromatic nitrogens is 1. The molecule has 1 heterocycles. The number of carbonyl (C=O) groups is 1. The number of ether oxygens (including phenoxy) is 1. The summed E-state index contributed by atoms with van der Waals surface area (Å²) in [4.78, 5) is 14.0. The zero-order chi connectivity index (χ0) is 27.5. The predicted molar refractivity (Wildman–Crippen MR) is 150 cm³/mol. The van der Waals surface area contributed by atoms with Crippen LogP contribution in [-0.2, 0) is 24.3 Å². The maximum Gasteiger partial charge on any atom is 0.306 e. The Balaban J connectivity index is 1.28. The van der Waals surface area contributed by atoms with Crippen LogP contribution in [0.25, 0.3) is 0 Å². The molecule has 1 saturated carbocycles. The lowest BCUT2D eigenvalue weighted by molar-refractivity contribution is -0.143. The van der Waals surface area contributed by atoms with Crippen molar-refractivity contribution >= 4 is 17.6 Å². The molecule has 2 aliphatic rings. The van der Waals surface area contributed by atoms with Crippen LogP contribution in [0.5, 0.6) is 17.5 Å². The first-order valence-electron chi connectivity index (χ1n) is 13.8. The van der Waals surface area contributed by atoms with Gasteiger partial charge >= 0.3 is 5.97 Å². The predicted octanol–water partition coefficient (Wildman–Crippen LogP) is 6.32. The van der Waals surface area contributed by atoms with Crippen LogP contribution in [0.1, 0.15) is 60.4 Å². The van der Waals surface area contributed by atoms with Crippen LogP contribution in [0.15, 0.2) is 48.5 Å². The fourth-order valence-corrected chi connectivity index (χ4v) is 6.49. The van der Waals surface area contributed by atoms with Gasteiger partial charge in [-0.2, -0.15) is 0 Å². The number of aromatic hydroxyl groups is 2. The van der Waals surface area contributed by atoms with Crippen LogP contribution < -0.4 is 4.74 Å². The number of fused-ring (bicyclic) bond motifs is 1. The van der Waals surface area contributed by atoms with Gasteiger partial charge in [-0.25, -0.2) is 0 Å². The average Bonchev–Trinajstić information content (AvgIpc) is 3.47. The summed E-state index contributed by atoms with van der Waals surface area (Å²) in [6.07, 6.45) is 5.49. The maximum absolute atomic E-state index is 11.5. The Morgan fingerprint density at radius 3 is 2.46 bits per heavy atom. The monoisotopic (exact) mass is 552 g/mol. The minimum atomic E-state index is -0.661. The molecule has 2 aliphatic carbocycles. The third-order valence-corrected chi connectivity index (χ3v) is 8.65. The number of aliphatic carboxylic acids is 1. The summed E-state index contributed by atoms with van der Waals surface area (Å²) in [5, 5.41) is 29.9. The second kappa shape index (κ2) is 11.9. The summed E-state index contributed by atoms with van der Waals surface area (Å²) >= 11 is 6.29.